The molecule has 0 spiro atoms. The molecule has 5 rings (SSSR count). The number of hydrogen-bond acceptors (Lipinski definition) is 7. The fourth-order valence-corrected chi connectivity index (χ4v) is 3.64. The number of Topliss-reactive ketones (excluding diaryl/α,β-unsaturated/α-hetero) is 1. The van der Waals surface area contributed by atoms with Gasteiger partial charge in [0, 0.05) is 17.3 Å². The zero-order chi connectivity index (χ0) is 24.7. The lowest BCUT2D eigenvalue weighted by molar-refractivity contribution is 0.101. The number of carbonyl (C=O) groups is 1. The molecule has 0 aliphatic heterocycles. The molecule has 5 aromatic heterocycles. The van der Waals surface area contributed by atoms with Crippen molar-refractivity contribution in [1.82, 2.24) is 34.6 Å². The SMILES string of the molecule is CC(=O)c1ccc(-c2cnn3cc(Oc4ccc(C)nn4)ccc23)nc1-n1nc(C(F)F)cc1C. The van der Waals surface area contributed by atoms with Gasteiger partial charge in [0.05, 0.1) is 34.9 Å². The summed E-state index contributed by atoms with van der Waals surface area (Å²) in [6.45, 7) is 4.86. The quantitative estimate of drug-likeness (QED) is 0.321. The van der Waals surface area contributed by atoms with Gasteiger partial charge in [0.2, 0.25) is 5.88 Å². The van der Waals surface area contributed by atoms with Crippen molar-refractivity contribution in [2.24, 2.45) is 0 Å². The van der Waals surface area contributed by atoms with Gasteiger partial charge in [-0.3, -0.25) is 4.79 Å². The summed E-state index contributed by atoms with van der Waals surface area (Å²) >= 11 is 0. The molecule has 0 amide bonds. The monoisotopic (exact) mass is 475 g/mol. The van der Waals surface area contributed by atoms with Crippen molar-refractivity contribution in [3.63, 3.8) is 0 Å². The number of ketones is 1. The Hall–Kier alpha value is -4.54. The highest BCUT2D eigenvalue weighted by atomic mass is 19.3. The fraction of sp³-hybridized carbons (Fsp3) is 0.167. The van der Waals surface area contributed by atoms with Crippen LogP contribution in [0, 0.1) is 13.8 Å². The molecule has 0 aliphatic rings. The molecule has 5 aromatic rings. The predicted molar refractivity (Wildman–Crippen MR) is 122 cm³/mol. The van der Waals surface area contributed by atoms with Crippen LogP contribution in [0.25, 0.3) is 22.6 Å². The van der Waals surface area contributed by atoms with Gasteiger partial charge in [-0.2, -0.15) is 15.3 Å². The summed E-state index contributed by atoms with van der Waals surface area (Å²) in [5.74, 6) is 0.786. The van der Waals surface area contributed by atoms with Gasteiger partial charge in [-0.05, 0) is 57.2 Å². The Balaban J connectivity index is 1.55. The Morgan fingerprint density at radius 1 is 1.06 bits per heavy atom. The normalized spacial score (nSPS) is 11.4. The van der Waals surface area contributed by atoms with Gasteiger partial charge < -0.3 is 4.74 Å². The largest absolute Gasteiger partial charge is 0.436 e. The van der Waals surface area contributed by atoms with Crippen LogP contribution < -0.4 is 4.74 Å². The van der Waals surface area contributed by atoms with E-state index in [2.05, 4.69) is 25.4 Å². The maximum atomic E-state index is 13.2. The number of hydrogen-bond donors (Lipinski definition) is 0. The summed E-state index contributed by atoms with van der Waals surface area (Å²) < 4.78 is 35.1. The summed E-state index contributed by atoms with van der Waals surface area (Å²) in [5, 5.41) is 16.3. The van der Waals surface area contributed by atoms with Crippen LogP contribution in [-0.2, 0) is 0 Å². The highest BCUT2D eigenvalue weighted by Gasteiger charge is 2.20. The maximum absolute atomic E-state index is 13.2. The maximum Gasteiger partial charge on any atom is 0.282 e. The zero-order valence-electron chi connectivity index (χ0n) is 19.0. The molecule has 0 atom stereocenters. The summed E-state index contributed by atoms with van der Waals surface area (Å²) in [6, 6.07) is 11.7. The van der Waals surface area contributed by atoms with Crippen LogP contribution in [0.5, 0.6) is 11.6 Å². The molecule has 0 radical (unpaired) electrons. The first-order chi connectivity index (χ1) is 16.8. The van der Waals surface area contributed by atoms with Crippen molar-refractivity contribution >= 4 is 11.3 Å². The minimum atomic E-state index is -2.74. The third kappa shape index (κ3) is 4.23. The van der Waals surface area contributed by atoms with Crippen LogP contribution in [-0.4, -0.2) is 40.4 Å². The molecule has 0 aliphatic carbocycles. The lowest BCUT2D eigenvalue weighted by Gasteiger charge is -2.10. The molecule has 0 saturated carbocycles. The molecule has 0 aromatic carbocycles. The van der Waals surface area contributed by atoms with E-state index in [1.165, 1.54) is 17.7 Å². The van der Waals surface area contributed by atoms with E-state index in [1.54, 1.807) is 54.2 Å². The minimum Gasteiger partial charge on any atom is -0.436 e. The van der Waals surface area contributed by atoms with E-state index in [9.17, 15) is 13.6 Å². The molecule has 0 fully saturated rings. The molecule has 0 unspecified atom stereocenters. The van der Waals surface area contributed by atoms with Crippen molar-refractivity contribution in [3.8, 4) is 28.7 Å². The van der Waals surface area contributed by atoms with Gasteiger partial charge in [0.25, 0.3) is 6.43 Å². The van der Waals surface area contributed by atoms with Crippen LogP contribution in [0.2, 0.25) is 0 Å². The molecule has 5 heterocycles. The zero-order valence-corrected chi connectivity index (χ0v) is 19.0. The van der Waals surface area contributed by atoms with Crippen LogP contribution in [0.15, 0.2) is 54.9 Å². The van der Waals surface area contributed by atoms with E-state index in [-0.39, 0.29) is 22.9 Å². The van der Waals surface area contributed by atoms with Gasteiger partial charge in [-0.25, -0.2) is 23.0 Å². The number of pyridine rings is 2. The second kappa shape index (κ2) is 8.67. The first kappa shape index (κ1) is 22.3. The molecule has 0 saturated heterocycles. The molecular weight excluding hydrogens is 456 g/mol. The molecule has 0 N–H and O–H groups in total. The van der Waals surface area contributed by atoms with Crippen LogP contribution >= 0.6 is 0 Å². The van der Waals surface area contributed by atoms with E-state index in [0.29, 0.717) is 28.6 Å². The first-order valence-corrected chi connectivity index (χ1v) is 10.6. The number of aromatic nitrogens is 7. The predicted octanol–water partition coefficient (Wildman–Crippen LogP) is 4.92. The van der Waals surface area contributed by atoms with E-state index < -0.39 is 6.43 Å². The average molecular weight is 475 g/mol. The van der Waals surface area contributed by atoms with Gasteiger partial charge in [-0.15, -0.1) is 5.10 Å². The van der Waals surface area contributed by atoms with E-state index in [0.717, 1.165) is 11.2 Å². The number of nitrogens with zero attached hydrogens (tertiary/aromatic N) is 7. The van der Waals surface area contributed by atoms with Crippen molar-refractivity contribution in [2.75, 3.05) is 0 Å². The number of halogens is 2. The Labute approximate surface area is 198 Å². The van der Waals surface area contributed by atoms with Gasteiger partial charge in [0.15, 0.2) is 11.6 Å². The van der Waals surface area contributed by atoms with E-state index in [4.69, 9.17) is 4.74 Å². The second-order valence-electron chi connectivity index (χ2n) is 7.91. The number of fused-ring (bicyclic) bond motifs is 1. The third-order valence-electron chi connectivity index (χ3n) is 5.35. The smallest absolute Gasteiger partial charge is 0.282 e. The molecular formula is C24H19F2N7O2. The molecule has 0 bridgehead atoms. The highest BCUT2D eigenvalue weighted by Crippen LogP contribution is 2.29. The summed E-state index contributed by atoms with van der Waals surface area (Å²) in [5.41, 5.74) is 3.02. The number of ether oxygens (including phenoxy) is 1. The Morgan fingerprint density at radius 2 is 1.89 bits per heavy atom. The Morgan fingerprint density at radius 3 is 2.57 bits per heavy atom. The van der Waals surface area contributed by atoms with Gasteiger partial charge in [-0.1, -0.05) is 0 Å². The first-order valence-electron chi connectivity index (χ1n) is 10.6. The van der Waals surface area contributed by atoms with Crippen molar-refractivity contribution in [1.29, 1.82) is 0 Å². The van der Waals surface area contributed by atoms with Crippen LogP contribution in [0.3, 0.4) is 0 Å². The molecule has 11 heteroatoms. The van der Waals surface area contributed by atoms with Crippen LogP contribution in [0.1, 0.15) is 40.8 Å². The Kier molecular flexibility index (Phi) is 5.51. The lowest BCUT2D eigenvalue weighted by Crippen LogP contribution is -2.10. The number of carbonyl (C=O) groups excluding carboxylic acids is 1. The van der Waals surface area contributed by atoms with E-state index >= 15 is 0 Å². The highest BCUT2D eigenvalue weighted by molar-refractivity contribution is 5.97. The van der Waals surface area contributed by atoms with Crippen molar-refractivity contribution in [2.45, 2.75) is 27.2 Å². The third-order valence-corrected chi connectivity index (χ3v) is 5.35. The summed E-state index contributed by atoms with van der Waals surface area (Å²) in [7, 11) is 0. The topological polar surface area (TPSA) is 100 Å². The Bertz CT molecular complexity index is 1560. The van der Waals surface area contributed by atoms with Crippen molar-refractivity contribution in [3.05, 3.63) is 77.5 Å². The number of aryl methyl sites for hydroxylation is 2. The fourth-order valence-electron chi connectivity index (χ4n) is 3.64. The lowest BCUT2D eigenvalue weighted by atomic mass is 10.1. The van der Waals surface area contributed by atoms with Crippen LogP contribution in [0.4, 0.5) is 8.78 Å². The minimum absolute atomic E-state index is 0.177. The summed E-state index contributed by atoms with van der Waals surface area (Å²) in [4.78, 5) is 16.9. The van der Waals surface area contributed by atoms with Crippen molar-refractivity contribution < 1.29 is 18.3 Å². The number of rotatable bonds is 6. The molecule has 9 nitrogen and oxygen atoms in total. The van der Waals surface area contributed by atoms with E-state index in [1.807, 2.05) is 13.0 Å². The standard InChI is InChI=1S/C24H19F2N7O2/c1-13-4-9-22(30-29-13)35-16-5-8-21-18(11-27-32(21)12-16)19-7-6-17(15(3)34)24(28-19)33-14(2)10-20(31-33)23(25)26/h4-12,23H,1-3H3. The van der Waals surface area contributed by atoms with Gasteiger partial charge in [0.1, 0.15) is 11.4 Å². The summed E-state index contributed by atoms with van der Waals surface area (Å²) in [6.07, 6.45) is 0.587. The average Bonchev–Trinajstić information content (AvgIpc) is 3.43. The second-order valence-corrected chi connectivity index (χ2v) is 7.91. The molecule has 35 heavy (non-hydrogen) atoms. The number of alkyl halides is 2. The molecule has 176 valence electrons. The van der Waals surface area contributed by atoms with Gasteiger partial charge >= 0.3 is 0 Å².